The van der Waals surface area contributed by atoms with Crippen LogP contribution in [0, 0.1) is 0 Å². The molecule has 0 bridgehead atoms. The molecule has 0 spiro atoms. The van der Waals surface area contributed by atoms with E-state index in [1.54, 1.807) is 12.4 Å². The van der Waals surface area contributed by atoms with Gasteiger partial charge in [-0.15, -0.1) is 0 Å². The van der Waals surface area contributed by atoms with Crippen LogP contribution in [0.2, 0.25) is 0 Å². The second-order valence-corrected chi connectivity index (χ2v) is 23.9. The number of unbranched alkanes of at least 4 members (excludes halogenated alkanes) is 1. The second kappa shape index (κ2) is 25.7. The first-order valence-electron chi connectivity index (χ1n) is 24.1. The number of nitrogens with zero attached hydrogens (tertiary/aromatic N) is 3. The van der Waals surface area contributed by atoms with E-state index in [-0.39, 0.29) is 17.1 Å². The molecule has 0 atom stereocenters. The van der Waals surface area contributed by atoms with Gasteiger partial charge in [0, 0.05) is 12.4 Å². The van der Waals surface area contributed by atoms with Crippen LogP contribution in [0.3, 0.4) is 0 Å². The van der Waals surface area contributed by atoms with Gasteiger partial charge in [-0.05, 0) is 139 Å². The molecule has 7 aromatic carbocycles. The Bertz CT molecular complexity index is 3090. The van der Waals surface area contributed by atoms with Crippen molar-refractivity contribution >= 4 is 55.5 Å². The van der Waals surface area contributed by atoms with E-state index in [0.717, 1.165) is 70.6 Å². The van der Waals surface area contributed by atoms with Crippen LogP contribution < -0.4 is 41.3 Å². The van der Waals surface area contributed by atoms with Gasteiger partial charge in [-0.1, -0.05) is 135 Å². The van der Waals surface area contributed by atoms with Gasteiger partial charge < -0.3 is 9.47 Å². The van der Waals surface area contributed by atoms with E-state index < -0.39 is 23.7 Å². The molecule has 0 saturated heterocycles. The average Bonchev–Trinajstić information content (AvgIpc) is 3.44. The molecule has 10 aromatic rings. The fraction of sp³-hybridized carbons (Fsp3) is 0.0656. The quantitative estimate of drug-likeness (QED) is 0.0443. The van der Waals surface area contributed by atoms with Gasteiger partial charge in [-0.3, -0.25) is 9.97 Å². The Balaban J connectivity index is 0.000000201. The van der Waals surface area contributed by atoms with Gasteiger partial charge in [0.25, 0.3) is 0 Å². The first kappa shape index (κ1) is 56.7. The predicted octanol–water partition coefficient (Wildman–Crippen LogP) is 15.9. The third-order valence-electron chi connectivity index (χ3n) is 11.4. The summed E-state index contributed by atoms with van der Waals surface area (Å²) in [5.41, 5.74) is 5.50. The maximum Gasteiger partial charge on any atom is 1.00 e. The molecule has 0 amide bonds. The Labute approximate surface area is 452 Å². The smallest absolute Gasteiger partial charge is 0.449 e. The molecule has 10 rings (SSSR count). The van der Waals surface area contributed by atoms with Gasteiger partial charge in [-0.2, -0.15) is 0 Å². The summed E-state index contributed by atoms with van der Waals surface area (Å²) < 4.78 is 71.9. The van der Waals surface area contributed by atoms with E-state index in [2.05, 4.69) is 211 Å². The maximum absolute atomic E-state index is 10.7. The van der Waals surface area contributed by atoms with Crippen molar-refractivity contribution < 1.29 is 51.7 Å². The van der Waals surface area contributed by atoms with E-state index in [1.165, 1.54) is 31.8 Å². The van der Waals surface area contributed by atoms with Crippen molar-refractivity contribution in [2.75, 3.05) is 6.61 Å². The van der Waals surface area contributed by atoms with Gasteiger partial charge in [0.1, 0.15) is 53.4 Å². The molecular formula is C61H53CuF6N3O2P3+2. The molecule has 5 nitrogen and oxygen atoms in total. The van der Waals surface area contributed by atoms with Crippen LogP contribution in [0.5, 0.6) is 17.2 Å². The fourth-order valence-corrected chi connectivity index (χ4v) is 13.4. The molecule has 0 unspecified atom stereocenters. The normalized spacial score (nSPS) is 11.9. The maximum atomic E-state index is 9.87. The van der Waals surface area contributed by atoms with E-state index in [1.807, 2.05) is 48.5 Å². The summed E-state index contributed by atoms with van der Waals surface area (Å²) in [5, 5.41) is 7.88. The fourth-order valence-electron chi connectivity index (χ4n) is 8.08. The van der Waals surface area contributed by atoms with Crippen LogP contribution in [-0.2, 0) is 17.1 Å². The molecule has 0 N–H and O–H groups in total. The summed E-state index contributed by atoms with van der Waals surface area (Å²) in [5.74, 6) is 2.74. The number of ether oxygens (including phenoxy) is 2. The van der Waals surface area contributed by atoms with Crippen LogP contribution in [-0.4, -0.2) is 21.6 Å². The summed E-state index contributed by atoms with van der Waals surface area (Å²) in [4.78, 5) is 13.8. The standard InChI is InChI=1S/C36H28OP2.C25H23N3O.Cu.F6P/c1-5-17-29(18-6-1)38(30-19-7-2-8-20-30)35-27-15-13-25-33(35)37-34-26-14-16-28-36(34)39(31-21-9-3-10-22-31)32-23-11-4-12-24-32;1-2-3-16-29-21-12-10-19(11-13-21)20-17-24(22-8-4-6-14-26-22)28-25(18-20)23-9-5-7-15-27-23;;1-7(2,3,4,5)6/h1-28H;4-15,17-18H,2-3,16H2,1H3;;/q;;+1;-1/p+2. The van der Waals surface area contributed by atoms with Crippen LogP contribution in [0.15, 0.2) is 255 Å². The Morgan fingerprint density at radius 2 is 0.763 bits per heavy atom. The van der Waals surface area contributed by atoms with Gasteiger partial charge in [-0.25, -0.2) is 4.98 Å². The van der Waals surface area contributed by atoms with Gasteiger partial charge in [0.15, 0.2) is 11.5 Å². The predicted molar refractivity (Wildman–Crippen MR) is 303 cm³/mol. The van der Waals surface area contributed by atoms with E-state index >= 15 is 0 Å². The molecule has 0 aliphatic heterocycles. The van der Waals surface area contributed by atoms with Gasteiger partial charge >= 0.3 is 50.1 Å². The van der Waals surface area contributed by atoms with Crippen molar-refractivity contribution in [3.8, 4) is 51.2 Å². The zero-order valence-corrected chi connectivity index (χ0v) is 44.9. The van der Waals surface area contributed by atoms with Crippen LogP contribution in [0.25, 0.3) is 33.9 Å². The topological polar surface area (TPSA) is 57.1 Å². The number of hydrogen-bond donors (Lipinski definition) is 0. The first-order chi connectivity index (χ1) is 36.2. The largest absolute Gasteiger partial charge is 1.00 e. The number of pyridine rings is 3. The van der Waals surface area contributed by atoms with Crippen molar-refractivity contribution in [3.63, 3.8) is 0 Å². The van der Waals surface area contributed by atoms with E-state index in [9.17, 15) is 25.2 Å². The third kappa shape index (κ3) is 17.3. The minimum absolute atomic E-state index is 0. The van der Waals surface area contributed by atoms with Crippen molar-refractivity contribution in [1.82, 2.24) is 15.0 Å². The number of aromatic nitrogens is 3. The third-order valence-corrected chi connectivity index (χ3v) is 17.0. The number of para-hydroxylation sites is 2. The summed E-state index contributed by atoms with van der Waals surface area (Å²) in [6, 6.07) is 84.6. The van der Waals surface area contributed by atoms with Gasteiger partial charge in [0.05, 0.1) is 29.4 Å². The Kier molecular flexibility index (Phi) is 19.2. The minimum Gasteiger partial charge on any atom is -0.449 e. The molecule has 0 saturated carbocycles. The van der Waals surface area contributed by atoms with E-state index in [0.29, 0.717) is 0 Å². The van der Waals surface area contributed by atoms with Crippen molar-refractivity contribution in [2.24, 2.45) is 0 Å². The SMILES string of the molecule is CCCCOc1ccc(-c2cc(-c3ccccn3)nc(-c3ccccn3)c2)cc1.F[P-](F)(F)(F)(F)F.[Cu+].c1ccc([PH+](c2ccccc2)c2ccccc2Oc2ccccc2[PH+](c2ccccc2)c2ccccc2)cc1. The van der Waals surface area contributed by atoms with Crippen LogP contribution >= 0.6 is 23.7 Å². The molecule has 390 valence electrons. The van der Waals surface area contributed by atoms with Crippen molar-refractivity contribution in [1.29, 1.82) is 0 Å². The molecule has 0 aliphatic rings. The molecule has 76 heavy (non-hydrogen) atoms. The second-order valence-electron chi connectivity index (χ2n) is 17.0. The number of hydrogen-bond acceptors (Lipinski definition) is 5. The molecule has 3 heterocycles. The van der Waals surface area contributed by atoms with Crippen LogP contribution in [0.4, 0.5) is 25.2 Å². The molecule has 0 fully saturated rings. The Hall–Kier alpha value is -7.02. The van der Waals surface area contributed by atoms with Crippen LogP contribution in [0.1, 0.15) is 19.8 Å². The zero-order valence-electron chi connectivity index (χ0n) is 41.0. The number of rotatable bonds is 15. The monoisotopic (exact) mass is 1130 g/mol. The minimum atomic E-state index is -10.7. The summed E-state index contributed by atoms with van der Waals surface area (Å²) in [7, 11) is -13.2. The summed E-state index contributed by atoms with van der Waals surface area (Å²) >= 11 is 0. The Morgan fingerprint density at radius 1 is 0.408 bits per heavy atom. The van der Waals surface area contributed by atoms with E-state index in [4.69, 9.17) is 14.5 Å². The Morgan fingerprint density at radius 3 is 1.12 bits per heavy atom. The molecular weight excluding hydrogens is 1080 g/mol. The summed E-state index contributed by atoms with van der Waals surface area (Å²) in [6.45, 7) is 2.91. The number of benzene rings is 7. The zero-order chi connectivity index (χ0) is 52.6. The summed E-state index contributed by atoms with van der Waals surface area (Å²) in [6.07, 6.45) is 5.76. The molecule has 15 heteroatoms. The first-order valence-corrected chi connectivity index (χ1v) is 29.2. The molecule has 0 radical (unpaired) electrons. The van der Waals surface area contributed by atoms with Gasteiger partial charge in [0.2, 0.25) is 0 Å². The van der Waals surface area contributed by atoms with Crippen molar-refractivity contribution in [3.05, 3.63) is 255 Å². The molecule has 0 aliphatic carbocycles. The molecule has 3 aromatic heterocycles. The average molecular weight is 1130 g/mol. The van der Waals surface area contributed by atoms with Crippen molar-refractivity contribution in [2.45, 2.75) is 19.8 Å². The number of halogens is 6.